The molecule has 0 bridgehead atoms. The fourth-order valence-corrected chi connectivity index (χ4v) is 3.12. The third-order valence-electron chi connectivity index (χ3n) is 3.07. The highest BCUT2D eigenvalue weighted by Crippen LogP contribution is 2.33. The van der Waals surface area contributed by atoms with E-state index in [-0.39, 0.29) is 6.03 Å². The molecule has 5 heteroatoms. The van der Waals surface area contributed by atoms with Crippen LogP contribution in [0.5, 0.6) is 0 Å². The van der Waals surface area contributed by atoms with E-state index in [0.29, 0.717) is 0 Å². The second kappa shape index (κ2) is 4.82. The maximum atomic E-state index is 11.2. The average molecular weight is 239 g/mol. The maximum Gasteiger partial charge on any atom is 0.320 e. The first kappa shape index (κ1) is 11.4. The summed E-state index contributed by atoms with van der Waals surface area (Å²) in [6.07, 6.45) is 4.64. The molecule has 2 amide bonds. The van der Waals surface area contributed by atoms with Gasteiger partial charge in [-0.1, -0.05) is 13.3 Å². The van der Waals surface area contributed by atoms with Gasteiger partial charge in [0.2, 0.25) is 0 Å². The van der Waals surface area contributed by atoms with Crippen LogP contribution in [0.25, 0.3) is 0 Å². The molecule has 1 unspecified atom stereocenters. The van der Waals surface area contributed by atoms with Gasteiger partial charge in [0, 0.05) is 11.9 Å². The van der Waals surface area contributed by atoms with Gasteiger partial charge in [-0.15, -0.1) is 11.3 Å². The quantitative estimate of drug-likeness (QED) is 0.832. The average Bonchev–Trinajstić information content (AvgIpc) is 2.69. The number of anilines is 1. The fraction of sp³-hybridized carbons (Fsp3) is 0.636. The van der Waals surface area contributed by atoms with Gasteiger partial charge in [0.15, 0.2) is 5.13 Å². The topological polar surface area (TPSA) is 54.0 Å². The molecule has 0 radical (unpaired) electrons. The summed E-state index contributed by atoms with van der Waals surface area (Å²) in [7, 11) is 1.61. The zero-order valence-corrected chi connectivity index (χ0v) is 10.5. The highest BCUT2D eigenvalue weighted by molar-refractivity contribution is 7.15. The molecule has 0 fully saturated rings. The van der Waals surface area contributed by atoms with Gasteiger partial charge in [-0.3, -0.25) is 5.32 Å². The minimum atomic E-state index is -0.196. The largest absolute Gasteiger partial charge is 0.341 e. The first-order valence-corrected chi connectivity index (χ1v) is 6.52. The maximum absolute atomic E-state index is 11.2. The molecule has 1 aromatic rings. The summed E-state index contributed by atoms with van der Waals surface area (Å²) in [5.74, 6) is 0.792. The van der Waals surface area contributed by atoms with Crippen LogP contribution in [-0.2, 0) is 12.8 Å². The molecule has 1 aliphatic rings. The highest BCUT2D eigenvalue weighted by Gasteiger charge is 2.21. The summed E-state index contributed by atoms with van der Waals surface area (Å²) in [5.41, 5.74) is 1.18. The second-order valence-corrected chi connectivity index (χ2v) is 5.19. The number of carbonyl (C=O) groups excluding carboxylic acids is 1. The van der Waals surface area contributed by atoms with Crippen molar-refractivity contribution in [3.8, 4) is 0 Å². The number of hydrogen-bond donors (Lipinski definition) is 2. The number of thiazole rings is 1. The normalized spacial score (nSPS) is 19.0. The van der Waals surface area contributed by atoms with Crippen LogP contribution in [0.2, 0.25) is 0 Å². The SMILES string of the molecule is CCC1CCc2nc(NC(=O)NC)sc2C1. The molecule has 0 spiro atoms. The van der Waals surface area contributed by atoms with E-state index >= 15 is 0 Å². The van der Waals surface area contributed by atoms with E-state index in [4.69, 9.17) is 0 Å². The highest BCUT2D eigenvalue weighted by atomic mass is 32.1. The molecule has 88 valence electrons. The molecule has 2 N–H and O–H groups in total. The Balaban J connectivity index is 2.09. The minimum absolute atomic E-state index is 0.196. The van der Waals surface area contributed by atoms with Crippen molar-refractivity contribution in [3.05, 3.63) is 10.6 Å². The predicted octanol–water partition coefficient (Wildman–Crippen LogP) is 2.41. The zero-order valence-electron chi connectivity index (χ0n) is 9.67. The third-order valence-corrected chi connectivity index (χ3v) is 4.10. The molecular formula is C11H17N3OS. The van der Waals surface area contributed by atoms with E-state index < -0.39 is 0 Å². The molecular weight excluding hydrogens is 222 g/mol. The van der Waals surface area contributed by atoms with Gasteiger partial charge in [0.05, 0.1) is 5.69 Å². The minimum Gasteiger partial charge on any atom is -0.341 e. The Bertz CT molecular complexity index is 389. The van der Waals surface area contributed by atoms with Crippen LogP contribution in [0.4, 0.5) is 9.93 Å². The van der Waals surface area contributed by atoms with Crippen LogP contribution in [0.1, 0.15) is 30.3 Å². The lowest BCUT2D eigenvalue weighted by Gasteiger charge is -2.18. The van der Waals surface area contributed by atoms with Gasteiger partial charge in [-0.05, 0) is 25.2 Å². The fourth-order valence-electron chi connectivity index (χ4n) is 2.00. The predicted molar refractivity (Wildman–Crippen MR) is 66.0 cm³/mol. The summed E-state index contributed by atoms with van der Waals surface area (Å²) in [6, 6.07) is -0.196. The van der Waals surface area contributed by atoms with Crippen molar-refractivity contribution < 1.29 is 4.79 Å². The first-order valence-electron chi connectivity index (χ1n) is 5.70. The molecule has 1 heterocycles. The Morgan fingerprint density at radius 3 is 3.12 bits per heavy atom. The Kier molecular flexibility index (Phi) is 3.43. The van der Waals surface area contributed by atoms with Crippen molar-refractivity contribution in [2.45, 2.75) is 32.6 Å². The zero-order chi connectivity index (χ0) is 11.5. The standard InChI is InChI=1S/C11H17N3OS/c1-3-7-4-5-8-9(6-7)16-11(13-8)14-10(15)12-2/h7H,3-6H2,1-2H3,(H2,12,13,14,15). The summed E-state index contributed by atoms with van der Waals surface area (Å²) < 4.78 is 0. The molecule has 1 atom stereocenters. The Hall–Kier alpha value is -1.10. The summed E-state index contributed by atoms with van der Waals surface area (Å²) in [5, 5.41) is 5.99. The van der Waals surface area contributed by atoms with Gasteiger partial charge in [0.1, 0.15) is 0 Å². The number of aromatic nitrogens is 1. The number of hydrogen-bond acceptors (Lipinski definition) is 3. The van der Waals surface area contributed by atoms with E-state index in [1.165, 1.54) is 23.4 Å². The molecule has 0 saturated carbocycles. The van der Waals surface area contributed by atoms with Crippen molar-refractivity contribution in [1.29, 1.82) is 0 Å². The van der Waals surface area contributed by atoms with E-state index in [9.17, 15) is 4.79 Å². The van der Waals surface area contributed by atoms with E-state index in [1.807, 2.05) is 0 Å². The van der Waals surface area contributed by atoms with Gasteiger partial charge in [-0.2, -0.15) is 0 Å². The van der Waals surface area contributed by atoms with Crippen LogP contribution in [0, 0.1) is 5.92 Å². The van der Waals surface area contributed by atoms with Crippen molar-refractivity contribution in [1.82, 2.24) is 10.3 Å². The monoisotopic (exact) mass is 239 g/mol. The van der Waals surface area contributed by atoms with E-state index in [0.717, 1.165) is 23.9 Å². The van der Waals surface area contributed by atoms with Crippen molar-refractivity contribution >= 4 is 22.5 Å². The second-order valence-electron chi connectivity index (χ2n) is 4.11. The molecule has 0 saturated heterocycles. The smallest absolute Gasteiger partial charge is 0.320 e. The number of rotatable bonds is 2. The van der Waals surface area contributed by atoms with E-state index in [1.54, 1.807) is 18.4 Å². The summed E-state index contributed by atoms with van der Waals surface area (Å²) in [4.78, 5) is 17.0. The van der Waals surface area contributed by atoms with Gasteiger partial charge in [-0.25, -0.2) is 9.78 Å². The van der Waals surface area contributed by atoms with Gasteiger partial charge in [0.25, 0.3) is 0 Å². The number of urea groups is 1. The summed E-state index contributed by atoms with van der Waals surface area (Å²) >= 11 is 1.62. The van der Waals surface area contributed by atoms with Crippen molar-refractivity contribution in [3.63, 3.8) is 0 Å². The molecule has 16 heavy (non-hydrogen) atoms. The van der Waals surface area contributed by atoms with Crippen LogP contribution in [-0.4, -0.2) is 18.1 Å². The van der Waals surface area contributed by atoms with Crippen molar-refractivity contribution in [2.24, 2.45) is 5.92 Å². The molecule has 1 aliphatic carbocycles. The van der Waals surface area contributed by atoms with Crippen LogP contribution in [0.3, 0.4) is 0 Å². The lowest BCUT2D eigenvalue weighted by molar-refractivity contribution is 0.254. The molecule has 0 aromatic carbocycles. The number of amides is 2. The van der Waals surface area contributed by atoms with Gasteiger partial charge < -0.3 is 5.32 Å². The van der Waals surface area contributed by atoms with Crippen LogP contribution < -0.4 is 10.6 Å². The number of nitrogens with one attached hydrogen (secondary N) is 2. The van der Waals surface area contributed by atoms with Gasteiger partial charge >= 0.3 is 6.03 Å². The number of nitrogens with zero attached hydrogens (tertiary/aromatic N) is 1. The van der Waals surface area contributed by atoms with Crippen LogP contribution in [0.15, 0.2) is 0 Å². The number of fused-ring (bicyclic) bond motifs is 1. The lowest BCUT2D eigenvalue weighted by Crippen LogP contribution is -2.24. The molecule has 1 aromatic heterocycles. The Morgan fingerprint density at radius 2 is 2.44 bits per heavy atom. The number of carbonyl (C=O) groups is 1. The summed E-state index contributed by atoms with van der Waals surface area (Å²) in [6.45, 7) is 2.24. The van der Waals surface area contributed by atoms with E-state index in [2.05, 4.69) is 22.5 Å². The lowest BCUT2D eigenvalue weighted by atomic mass is 9.89. The first-order chi connectivity index (χ1) is 7.72. The molecule has 4 nitrogen and oxygen atoms in total. The molecule has 2 rings (SSSR count). The Labute approximate surface area is 99.5 Å². The third kappa shape index (κ3) is 2.35. The van der Waals surface area contributed by atoms with Crippen LogP contribution >= 0.6 is 11.3 Å². The number of aryl methyl sites for hydroxylation is 1. The Morgan fingerprint density at radius 1 is 1.62 bits per heavy atom. The molecule has 0 aliphatic heterocycles. The van der Waals surface area contributed by atoms with Crippen molar-refractivity contribution in [2.75, 3.05) is 12.4 Å².